The summed E-state index contributed by atoms with van der Waals surface area (Å²) in [7, 11) is 1.57. The fourth-order valence-electron chi connectivity index (χ4n) is 1.53. The molecule has 0 atom stereocenters. The first-order valence-corrected chi connectivity index (χ1v) is 5.41. The Kier molecular flexibility index (Phi) is 3.46. The monoisotopic (exact) mass is 260 g/mol. The second-order valence-corrected chi connectivity index (χ2v) is 3.75. The molecule has 98 valence electrons. The van der Waals surface area contributed by atoms with E-state index in [-0.39, 0.29) is 11.5 Å². The zero-order chi connectivity index (χ0) is 13.8. The van der Waals surface area contributed by atoms with Gasteiger partial charge in [-0.2, -0.15) is 0 Å². The highest BCUT2D eigenvalue weighted by Gasteiger charge is 2.09. The minimum absolute atomic E-state index is 0.0882. The topological polar surface area (TPSA) is 103 Å². The molecule has 0 saturated heterocycles. The Labute approximate surface area is 109 Å². The molecule has 2 aromatic rings. The molecule has 0 aliphatic heterocycles. The first-order valence-electron chi connectivity index (χ1n) is 5.41. The Morgan fingerprint density at radius 2 is 2.00 bits per heavy atom. The van der Waals surface area contributed by atoms with Crippen LogP contribution in [-0.4, -0.2) is 17.0 Å². The zero-order valence-corrected chi connectivity index (χ0v) is 10.2. The normalized spacial score (nSPS) is 9.95. The lowest BCUT2D eigenvalue weighted by Crippen LogP contribution is -1.99. The molecule has 0 bridgehead atoms. The number of anilines is 3. The molecule has 0 saturated carbocycles. The number of aromatic nitrogens is 1. The summed E-state index contributed by atoms with van der Waals surface area (Å²) in [6.07, 6.45) is 0. The van der Waals surface area contributed by atoms with Crippen LogP contribution >= 0.6 is 0 Å². The fraction of sp³-hybridized carbons (Fsp3) is 0.0833. The van der Waals surface area contributed by atoms with Crippen LogP contribution in [-0.2, 0) is 0 Å². The van der Waals surface area contributed by atoms with Crippen LogP contribution in [0.4, 0.5) is 23.0 Å². The molecule has 1 aromatic carbocycles. The molecule has 0 aliphatic carbocycles. The van der Waals surface area contributed by atoms with Crippen molar-refractivity contribution in [3.05, 3.63) is 46.5 Å². The van der Waals surface area contributed by atoms with Crippen molar-refractivity contribution in [1.82, 2.24) is 4.98 Å². The Morgan fingerprint density at radius 3 is 2.58 bits per heavy atom. The van der Waals surface area contributed by atoms with E-state index in [0.29, 0.717) is 5.82 Å². The van der Waals surface area contributed by atoms with Crippen molar-refractivity contribution in [3.63, 3.8) is 0 Å². The fourth-order valence-corrected chi connectivity index (χ4v) is 1.53. The lowest BCUT2D eigenvalue weighted by molar-refractivity contribution is -0.384. The highest BCUT2D eigenvalue weighted by atomic mass is 16.6. The summed E-state index contributed by atoms with van der Waals surface area (Å²) in [5.74, 6) is 1.12. The van der Waals surface area contributed by atoms with Crippen molar-refractivity contribution < 1.29 is 9.66 Å². The number of pyridine rings is 1. The molecule has 0 amide bonds. The van der Waals surface area contributed by atoms with Crippen LogP contribution in [0, 0.1) is 10.1 Å². The molecular weight excluding hydrogens is 248 g/mol. The van der Waals surface area contributed by atoms with Crippen LogP contribution in [0.15, 0.2) is 36.4 Å². The molecule has 1 aromatic heterocycles. The van der Waals surface area contributed by atoms with Crippen LogP contribution in [0.1, 0.15) is 0 Å². The summed E-state index contributed by atoms with van der Waals surface area (Å²) >= 11 is 0. The molecule has 2 rings (SSSR count). The van der Waals surface area contributed by atoms with Gasteiger partial charge in [-0.3, -0.25) is 10.1 Å². The lowest BCUT2D eigenvalue weighted by Gasteiger charge is -2.07. The summed E-state index contributed by atoms with van der Waals surface area (Å²) < 4.78 is 5.04. The molecule has 0 unspecified atom stereocenters. The van der Waals surface area contributed by atoms with Crippen molar-refractivity contribution in [2.45, 2.75) is 0 Å². The summed E-state index contributed by atoms with van der Waals surface area (Å²) in [6.45, 7) is 0. The largest absolute Gasteiger partial charge is 0.497 e. The van der Waals surface area contributed by atoms with E-state index in [0.717, 1.165) is 11.4 Å². The maximum Gasteiger partial charge on any atom is 0.276 e. The van der Waals surface area contributed by atoms with Gasteiger partial charge in [0.25, 0.3) is 5.69 Å². The summed E-state index contributed by atoms with van der Waals surface area (Å²) in [6, 6.07) is 9.61. The number of rotatable bonds is 4. The Balaban J connectivity index is 2.24. The maximum atomic E-state index is 10.7. The van der Waals surface area contributed by atoms with Gasteiger partial charge in [0.2, 0.25) is 0 Å². The summed E-state index contributed by atoms with van der Waals surface area (Å²) in [5.41, 5.74) is 6.14. The van der Waals surface area contributed by atoms with E-state index < -0.39 is 4.92 Å². The number of nitrogens with zero attached hydrogens (tertiary/aromatic N) is 2. The van der Waals surface area contributed by atoms with Crippen molar-refractivity contribution in [2.75, 3.05) is 18.2 Å². The van der Waals surface area contributed by atoms with Gasteiger partial charge in [0, 0.05) is 5.69 Å². The third kappa shape index (κ3) is 3.09. The summed E-state index contributed by atoms with van der Waals surface area (Å²) in [5, 5.41) is 13.7. The number of nitrogen functional groups attached to an aromatic ring is 1. The van der Waals surface area contributed by atoms with Crippen LogP contribution in [0.5, 0.6) is 5.75 Å². The maximum absolute atomic E-state index is 10.7. The van der Waals surface area contributed by atoms with Crippen molar-refractivity contribution in [3.8, 4) is 5.75 Å². The molecular formula is C12H12N4O3. The summed E-state index contributed by atoms with van der Waals surface area (Å²) in [4.78, 5) is 14.2. The molecule has 0 aliphatic rings. The van der Waals surface area contributed by atoms with Crippen molar-refractivity contribution in [2.24, 2.45) is 0 Å². The molecule has 0 fully saturated rings. The van der Waals surface area contributed by atoms with Gasteiger partial charge in [-0.15, -0.1) is 0 Å². The number of methoxy groups -OCH3 is 1. The number of nitrogens with one attached hydrogen (secondary N) is 1. The smallest absolute Gasteiger partial charge is 0.276 e. The minimum Gasteiger partial charge on any atom is -0.497 e. The van der Waals surface area contributed by atoms with Gasteiger partial charge in [-0.25, -0.2) is 4.98 Å². The van der Waals surface area contributed by atoms with E-state index in [9.17, 15) is 10.1 Å². The average molecular weight is 260 g/mol. The van der Waals surface area contributed by atoms with Crippen LogP contribution < -0.4 is 15.8 Å². The quantitative estimate of drug-likeness (QED) is 0.645. The van der Waals surface area contributed by atoms with E-state index >= 15 is 0 Å². The number of hydrogen-bond donors (Lipinski definition) is 2. The van der Waals surface area contributed by atoms with E-state index in [4.69, 9.17) is 10.5 Å². The van der Waals surface area contributed by atoms with Crippen molar-refractivity contribution >= 4 is 23.0 Å². The number of nitrogens with two attached hydrogens (primary N) is 1. The van der Waals surface area contributed by atoms with Gasteiger partial charge in [0.15, 0.2) is 0 Å². The van der Waals surface area contributed by atoms with Gasteiger partial charge in [-0.05, 0) is 24.3 Å². The van der Waals surface area contributed by atoms with Gasteiger partial charge in [0.1, 0.15) is 17.4 Å². The molecule has 1 heterocycles. The van der Waals surface area contributed by atoms with Crippen LogP contribution in [0.3, 0.4) is 0 Å². The highest BCUT2D eigenvalue weighted by Crippen LogP contribution is 2.23. The zero-order valence-electron chi connectivity index (χ0n) is 10.2. The van der Waals surface area contributed by atoms with Crippen LogP contribution in [0.2, 0.25) is 0 Å². The minimum atomic E-state index is -0.517. The van der Waals surface area contributed by atoms with E-state index in [2.05, 4.69) is 10.3 Å². The predicted octanol–water partition coefficient (Wildman–Crippen LogP) is 2.32. The molecule has 19 heavy (non-hydrogen) atoms. The molecule has 7 nitrogen and oxygen atoms in total. The van der Waals surface area contributed by atoms with E-state index in [1.807, 2.05) is 0 Å². The van der Waals surface area contributed by atoms with Gasteiger partial charge in [-0.1, -0.05) is 0 Å². The highest BCUT2D eigenvalue weighted by molar-refractivity contribution is 5.61. The second-order valence-electron chi connectivity index (χ2n) is 3.75. The van der Waals surface area contributed by atoms with Gasteiger partial charge in [0.05, 0.1) is 24.2 Å². The lowest BCUT2D eigenvalue weighted by atomic mass is 10.3. The van der Waals surface area contributed by atoms with Crippen LogP contribution in [0.25, 0.3) is 0 Å². The first-order chi connectivity index (χ1) is 9.08. The number of nitro groups is 1. The molecule has 0 radical (unpaired) electrons. The van der Waals surface area contributed by atoms with Gasteiger partial charge < -0.3 is 15.8 Å². The predicted molar refractivity (Wildman–Crippen MR) is 71.6 cm³/mol. The van der Waals surface area contributed by atoms with Crippen molar-refractivity contribution in [1.29, 1.82) is 0 Å². The molecule has 7 heteroatoms. The first kappa shape index (κ1) is 12.6. The number of ether oxygens (including phenoxy) is 1. The average Bonchev–Trinajstić information content (AvgIpc) is 2.39. The Bertz CT molecular complexity index is 598. The Hall–Kier alpha value is -2.83. The second kappa shape index (κ2) is 5.21. The third-order valence-electron chi connectivity index (χ3n) is 2.40. The van der Waals surface area contributed by atoms with Gasteiger partial charge >= 0.3 is 0 Å². The standard InChI is InChI=1S/C12H12N4O3/c1-19-10-4-2-8(3-5-10)14-12-7-9(16(17)18)6-11(13)15-12/h2-7H,1H3,(H3,13,14,15). The molecule has 3 N–H and O–H groups in total. The molecule has 0 spiro atoms. The SMILES string of the molecule is COc1ccc(Nc2cc([N+](=O)[O-])cc(N)n2)cc1. The number of benzene rings is 1. The number of hydrogen-bond acceptors (Lipinski definition) is 6. The third-order valence-corrected chi connectivity index (χ3v) is 2.40. The Morgan fingerprint density at radius 1 is 1.32 bits per heavy atom. The van der Waals surface area contributed by atoms with E-state index in [1.54, 1.807) is 31.4 Å². The van der Waals surface area contributed by atoms with E-state index in [1.165, 1.54) is 12.1 Å².